The van der Waals surface area contributed by atoms with Crippen molar-refractivity contribution in [2.24, 2.45) is 16.3 Å². The average Bonchev–Trinajstić information content (AvgIpc) is 2.53. The third-order valence-electron chi connectivity index (χ3n) is 4.35. The van der Waals surface area contributed by atoms with E-state index < -0.39 is 0 Å². The number of hydrogen-bond donors (Lipinski definition) is 2. The Morgan fingerprint density at radius 2 is 1.81 bits per heavy atom. The summed E-state index contributed by atoms with van der Waals surface area (Å²) in [5, 5.41) is 12.0. The highest BCUT2D eigenvalue weighted by atomic mass is 16.4. The Morgan fingerprint density at radius 1 is 1.19 bits per heavy atom. The van der Waals surface area contributed by atoms with Gasteiger partial charge in [0.2, 0.25) is 0 Å². The molecule has 2 rings (SSSR count). The second-order valence-corrected chi connectivity index (χ2v) is 6.28. The predicted molar refractivity (Wildman–Crippen MR) is 86.9 cm³/mol. The maximum atomic E-state index is 8.81. The van der Waals surface area contributed by atoms with Crippen LogP contribution in [0.15, 0.2) is 35.5 Å². The second-order valence-electron chi connectivity index (χ2n) is 6.28. The third kappa shape index (κ3) is 4.11. The van der Waals surface area contributed by atoms with E-state index in [1.807, 2.05) is 13.8 Å². The number of amidine groups is 1. The summed E-state index contributed by atoms with van der Waals surface area (Å²) in [6.07, 6.45) is 0.897. The van der Waals surface area contributed by atoms with Gasteiger partial charge in [0.1, 0.15) is 5.84 Å². The van der Waals surface area contributed by atoms with Gasteiger partial charge in [0.25, 0.3) is 0 Å². The molecule has 1 aliphatic heterocycles. The van der Waals surface area contributed by atoms with Crippen molar-refractivity contribution >= 4 is 11.5 Å². The van der Waals surface area contributed by atoms with Crippen molar-refractivity contribution in [1.82, 2.24) is 4.90 Å². The number of rotatable bonds is 5. The van der Waals surface area contributed by atoms with Crippen molar-refractivity contribution in [2.45, 2.75) is 20.3 Å². The number of oxime groups is 1. The Hall–Kier alpha value is -1.75. The molecule has 1 fully saturated rings. The molecular weight excluding hydrogens is 264 g/mol. The maximum absolute atomic E-state index is 8.81. The zero-order valence-corrected chi connectivity index (χ0v) is 13.0. The first kappa shape index (κ1) is 15.6. The van der Waals surface area contributed by atoms with E-state index >= 15 is 0 Å². The van der Waals surface area contributed by atoms with Crippen molar-refractivity contribution in [2.75, 3.05) is 37.6 Å². The standard InChI is InChI=1S/C16H26N4O/c1-16(2,15(17)18-21)8-9-19-10-12-20(13-11-19)14-6-4-3-5-7-14/h3-7,21H,8-13H2,1-2H3,(H2,17,18). The summed E-state index contributed by atoms with van der Waals surface area (Å²) in [6, 6.07) is 10.5. The van der Waals surface area contributed by atoms with Gasteiger partial charge in [-0.05, 0) is 25.1 Å². The van der Waals surface area contributed by atoms with Crippen LogP contribution in [0.25, 0.3) is 0 Å². The van der Waals surface area contributed by atoms with Gasteiger partial charge in [-0.2, -0.15) is 0 Å². The van der Waals surface area contributed by atoms with Crippen LogP contribution < -0.4 is 10.6 Å². The van der Waals surface area contributed by atoms with E-state index in [9.17, 15) is 0 Å². The van der Waals surface area contributed by atoms with Gasteiger partial charge in [0.15, 0.2) is 0 Å². The molecule has 0 unspecified atom stereocenters. The number of hydrogen-bond acceptors (Lipinski definition) is 4. The summed E-state index contributed by atoms with van der Waals surface area (Å²) >= 11 is 0. The van der Waals surface area contributed by atoms with Crippen molar-refractivity contribution in [3.05, 3.63) is 30.3 Å². The monoisotopic (exact) mass is 290 g/mol. The van der Waals surface area contributed by atoms with E-state index in [4.69, 9.17) is 10.9 Å². The molecule has 0 radical (unpaired) electrons. The first-order valence-electron chi connectivity index (χ1n) is 7.53. The summed E-state index contributed by atoms with van der Waals surface area (Å²) < 4.78 is 0. The summed E-state index contributed by atoms with van der Waals surface area (Å²) in [5.74, 6) is 0.311. The molecule has 0 aromatic heterocycles. The molecule has 116 valence electrons. The predicted octanol–water partition coefficient (Wildman–Crippen LogP) is 1.97. The van der Waals surface area contributed by atoms with E-state index in [0.717, 1.165) is 39.1 Å². The van der Waals surface area contributed by atoms with E-state index in [1.165, 1.54) is 5.69 Å². The number of nitrogens with zero attached hydrogens (tertiary/aromatic N) is 3. The lowest BCUT2D eigenvalue weighted by Gasteiger charge is -2.37. The Bertz CT molecular complexity index is 464. The summed E-state index contributed by atoms with van der Waals surface area (Å²) in [7, 11) is 0. The molecule has 1 aromatic carbocycles. The molecule has 1 saturated heterocycles. The smallest absolute Gasteiger partial charge is 0.144 e. The minimum absolute atomic E-state index is 0.259. The summed E-state index contributed by atoms with van der Waals surface area (Å²) in [5.41, 5.74) is 6.78. The molecule has 1 aliphatic rings. The maximum Gasteiger partial charge on any atom is 0.144 e. The molecule has 1 aromatic rings. The Morgan fingerprint density at radius 3 is 2.38 bits per heavy atom. The van der Waals surface area contributed by atoms with Gasteiger partial charge >= 0.3 is 0 Å². The minimum Gasteiger partial charge on any atom is -0.409 e. The van der Waals surface area contributed by atoms with E-state index in [1.54, 1.807) is 0 Å². The third-order valence-corrected chi connectivity index (χ3v) is 4.35. The van der Waals surface area contributed by atoms with Crippen molar-refractivity contribution in [1.29, 1.82) is 0 Å². The molecule has 0 amide bonds. The van der Waals surface area contributed by atoms with E-state index in [0.29, 0.717) is 5.84 Å². The van der Waals surface area contributed by atoms with Gasteiger partial charge in [-0.3, -0.25) is 4.90 Å². The molecule has 5 nitrogen and oxygen atoms in total. The van der Waals surface area contributed by atoms with Crippen LogP contribution in [0.3, 0.4) is 0 Å². The highest BCUT2D eigenvalue weighted by Gasteiger charge is 2.25. The van der Waals surface area contributed by atoms with E-state index in [-0.39, 0.29) is 5.41 Å². The Labute approximate surface area is 127 Å². The lowest BCUT2D eigenvalue weighted by Crippen LogP contribution is -2.47. The van der Waals surface area contributed by atoms with Crippen LogP contribution in [0.1, 0.15) is 20.3 Å². The van der Waals surface area contributed by atoms with Crippen LogP contribution in [0.2, 0.25) is 0 Å². The van der Waals surface area contributed by atoms with Crippen LogP contribution in [0.5, 0.6) is 0 Å². The number of anilines is 1. The highest BCUT2D eigenvalue weighted by molar-refractivity contribution is 5.85. The Balaban J connectivity index is 1.80. The van der Waals surface area contributed by atoms with Crippen molar-refractivity contribution < 1.29 is 5.21 Å². The molecule has 0 aliphatic carbocycles. The van der Waals surface area contributed by atoms with Crippen LogP contribution in [0, 0.1) is 5.41 Å². The summed E-state index contributed by atoms with van der Waals surface area (Å²) in [6.45, 7) is 9.22. The lowest BCUT2D eigenvalue weighted by molar-refractivity contribution is 0.229. The first-order valence-corrected chi connectivity index (χ1v) is 7.53. The van der Waals surface area contributed by atoms with Crippen molar-refractivity contribution in [3.8, 4) is 0 Å². The second kappa shape index (κ2) is 6.80. The number of nitrogens with two attached hydrogens (primary N) is 1. The van der Waals surface area contributed by atoms with Gasteiger partial charge in [0.05, 0.1) is 0 Å². The first-order chi connectivity index (χ1) is 10.0. The number of para-hydroxylation sites is 1. The van der Waals surface area contributed by atoms with Crippen LogP contribution in [-0.2, 0) is 0 Å². The van der Waals surface area contributed by atoms with Crippen molar-refractivity contribution in [3.63, 3.8) is 0 Å². The van der Waals surface area contributed by atoms with Gasteiger partial charge in [-0.25, -0.2) is 0 Å². The fourth-order valence-corrected chi connectivity index (χ4v) is 2.57. The molecule has 0 bridgehead atoms. The van der Waals surface area contributed by atoms with Crippen LogP contribution in [-0.4, -0.2) is 48.7 Å². The topological polar surface area (TPSA) is 65.1 Å². The zero-order chi connectivity index (χ0) is 15.3. The normalized spacial score (nSPS) is 18.0. The van der Waals surface area contributed by atoms with Gasteiger partial charge in [0, 0.05) is 37.3 Å². The number of piperazine rings is 1. The molecular formula is C16H26N4O. The lowest BCUT2D eigenvalue weighted by atomic mass is 9.88. The average molecular weight is 290 g/mol. The molecule has 0 spiro atoms. The highest BCUT2D eigenvalue weighted by Crippen LogP contribution is 2.22. The molecule has 0 saturated carbocycles. The molecule has 21 heavy (non-hydrogen) atoms. The van der Waals surface area contributed by atoms with Gasteiger partial charge < -0.3 is 15.8 Å². The Kier molecular flexibility index (Phi) is 5.07. The SMILES string of the molecule is CC(C)(CCN1CCN(c2ccccc2)CC1)C(N)=NO. The van der Waals surface area contributed by atoms with Crippen LogP contribution >= 0.6 is 0 Å². The largest absolute Gasteiger partial charge is 0.409 e. The fraction of sp³-hybridized carbons (Fsp3) is 0.562. The quantitative estimate of drug-likeness (QED) is 0.377. The van der Waals surface area contributed by atoms with Gasteiger partial charge in [-0.1, -0.05) is 37.2 Å². The van der Waals surface area contributed by atoms with E-state index in [2.05, 4.69) is 45.3 Å². The zero-order valence-electron chi connectivity index (χ0n) is 13.0. The fourth-order valence-electron chi connectivity index (χ4n) is 2.57. The summed E-state index contributed by atoms with van der Waals surface area (Å²) in [4.78, 5) is 4.87. The molecule has 3 N–H and O–H groups in total. The molecule has 0 atom stereocenters. The molecule has 1 heterocycles. The minimum atomic E-state index is -0.259. The van der Waals surface area contributed by atoms with Gasteiger partial charge in [-0.15, -0.1) is 0 Å². The van der Waals surface area contributed by atoms with Crippen LogP contribution in [0.4, 0.5) is 5.69 Å². The molecule has 5 heteroatoms. The number of benzene rings is 1.